The molecular formula is C20H23ClN2O5. The van der Waals surface area contributed by atoms with Gasteiger partial charge in [0.2, 0.25) is 0 Å². The molecule has 2 rings (SSSR count). The highest BCUT2D eigenvalue weighted by atomic mass is 35.5. The lowest BCUT2D eigenvalue weighted by Gasteiger charge is -2.19. The number of carboxylic acids is 2. The van der Waals surface area contributed by atoms with Gasteiger partial charge in [-0.05, 0) is 43.9 Å². The highest BCUT2D eigenvalue weighted by Crippen LogP contribution is 2.25. The molecule has 7 nitrogen and oxygen atoms in total. The number of likely N-dealkylation sites (N-methyl/N-ethyl adjacent to an activating group) is 1. The van der Waals surface area contributed by atoms with E-state index in [1.165, 1.54) is 0 Å². The molecule has 0 saturated heterocycles. The quantitative estimate of drug-likeness (QED) is 0.649. The van der Waals surface area contributed by atoms with Crippen LogP contribution in [0, 0.1) is 0 Å². The molecule has 8 heteroatoms. The van der Waals surface area contributed by atoms with E-state index in [9.17, 15) is 9.59 Å². The zero-order chi connectivity index (χ0) is 20.9. The standard InChI is InChI=1S/C16H19ClN2O.C4H4O4/c1-19(2)11-12-20-16(15-5-3-4-10-18-15)13-6-8-14(17)9-7-13;5-3(6)1-2-4(7)8/h3-10,16H,11-12H2,1-2H3;1-2H,(H,5,6)(H,7,8)/b;2-1-/t16-;/m1./s1. The van der Waals surface area contributed by atoms with Crippen molar-refractivity contribution in [2.24, 2.45) is 0 Å². The van der Waals surface area contributed by atoms with E-state index in [1.807, 2.05) is 56.6 Å². The number of hydrogen-bond donors (Lipinski definition) is 2. The summed E-state index contributed by atoms with van der Waals surface area (Å²) < 4.78 is 6.02. The Balaban J connectivity index is 0.000000416. The molecule has 0 amide bonds. The number of halogens is 1. The molecule has 2 N–H and O–H groups in total. The molecule has 1 heterocycles. The first-order valence-electron chi connectivity index (χ1n) is 8.36. The highest BCUT2D eigenvalue weighted by Gasteiger charge is 2.15. The van der Waals surface area contributed by atoms with Gasteiger partial charge in [-0.3, -0.25) is 4.98 Å². The Kier molecular flexibility index (Phi) is 10.5. The number of carbonyl (C=O) groups is 2. The average molecular weight is 407 g/mol. The van der Waals surface area contributed by atoms with Gasteiger partial charge in [0.25, 0.3) is 0 Å². The van der Waals surface area contributed by atoms with Crippen molar-refractivity contribution in [2.75, 3.05) is 27.2 Å². The zero-order valence-electron chi connectivity index (χ0n) is 15.7. The third kappa shape index (κ3) is 9.82. The van der Waals surface area contributed by atoms with E-state index >= 15 is 0 Å². The van der Waals surface area contributed by atoms with Gasteiger partial charge in [-0.1, -0.05) is 29.8 Å². The van der Waals surface area contributed by atoms with Crippen LogP contribution in [0.5, 0.6) is 0 Å². The molecule has 0 aliphatic rings. The molecule has 0 aliphatic carbocycles. The fourth-order valence-electron chi connectivity index (χ4n) is 2.02. The zero-order valence-corrected chi connectivity index (χ0v) is 16.4. The van der Waals surface area contributed by atoms with Gasteiger partial charge in [0.1, 0.15) is 6.10 Å². The van der Waals surface area contributed by atoms with Crippen LogP contribution in [0.1, 0.15) is 17.4 Å². The number of carboxylic acid groups (broad SMARTS) is 2. The normalized spacial score (nSPS) is 11.7. The lowest BCUT2D eigenvalue weighted by molar-refractivity contribution is -0.134. The first-order chi connectivity index (χ1) is 13.3. The second-order valence-electron chi connectivity index (χ2n) is 5.87. The Labute approximate surface area is 168 Å². The topological polar surface area (TPSA) is 100.0 Å². The minimum atomic E-state index is -1.26. The van der Waals surface area contributed by atoms with Gasteiger partial charge in [-0.2, -0.15) is 0 Å². The summed E-state index contributed by atoms with van der Waals surface area (Å²) in [5.41, 5.74) is 1.97. The molecule has 1 aromatic heterocycles. The van der Waals surface area contributed by atoms with Crippen molar-refractivity contribution in [1.82, 2.24) is 9.88 Å². The summed E-state index contributed by atoms with van der Waals surface area (Å²) in [7, 11) is 4.06. The summed E-state index contributed by atoms with van der Waals surface area (Å²) in [5.74, 6) is -2.51. The lowest BCUT2D eigenvalue weighted by Crippen LogP contribution is -2.20. The first-order valence-corrected chi connectivity index (χ1v) is 8.74. The van der Waals surface area contributed by atoms with Gasteiger partial charge in [0.15, 0.2) is 0 Å². The van der Waals surface area contributed by atoms with E-state index in [0.717, 1.165) is 22.8 Å². The van der Waals surface area contributed by atoms with Crippen molar-refractivity contribution in [3.63, 3.8) is 0 Å². The fraction of sp³-hybridized carbons (Fsp3) is 0.250. The fourth-order valence-corrected chi connectivity index (χ4v) is 2.14. The predicted octanol–water partition coefficient (Wildman–Crippen LogP) is 3.11. The van der Waals surface area contributed by atoms with Gasteiger partial charge < -0.3 is 19.8 Å². The number of pyridine rings is 1. The predicted molar refractivity (Wildman–Crippen MR) is 106 cm³/mol. The van der Waals surface area contributed by atoms with Crippen LogP contribution in [0.15, 0.2) is 60.8 Å². The molecular weight excluding hydrogens is 384 g/mol. The number of hydrogen-bond acceptors (Lipinski definition) is 5. The summed E-state index contributed by atoms with van der Waals surface area (Å²) in [5, 5.41) is 16.3. The molecule has 1 atom stereocenters. The molecule has 2 aromatic rings. The van der Waals surface area contributed by atoms with Gasteiger partial charge in [0, 0.05) is 29.9 Å². The monoisotopic (exact) mass is 406 g/mol. The minimum Gasteiger partial charge on any atom is -0.478 e. The van der Waals surface area contributed by atoms with Crippen LogP contribution in [-0.4, -0.2) is 59.3 Å². The Bertz CT molecular complexity index is 748. The van der Waals surface area contributed by atoms with Crippen molar-refractivity contribution in [2.45, 2.75) is 6.10 Å². The first kappa shape index (κ1) is 23.3. The smallest absolute Gasteiger partial charge is 0.328 e. The maximum atomic E-state index is 9.55. The van der Waals surface area contributed by atoms with Crippen molar-refractivity contribution in [1.29, 1.82) is 0 Å². The SMILES string of the molecule is CN(C)CCO[C@H](c1ccc(Cl)cc1)c1ccccn1.O=C(O)/C=C\C(=O)O. The van der Waals surface area contributed by atoms with Crippen molar-refractivity contribution >= 4 is 23.5 Å². The number of ether oxygens (including phenoxy) is 1. The molecule has 1 aromatic carbocycles. The van der Waals surface area contributed by atoms with Gasteiger partial charge in [0.05, 0.1) is 12.3 Å². The largest absolute Gasteiger partial charge is 0.478 e. The van der Waals surface area contributed by atoms with Crippen molar-refractivity contribution in [3.05, 3.63) is 77.1 Å². The molecule has 150 valence electrons. The summed E-state index contributed by atoms with van der Waals surface area (Å²) in [6.07, 6.45) is 2.74. The van der Waals surface area contributed by atoms with Crippen LogP contribution in [0.25, 0.3) is 0 Å². The third-order valence-corrected chi connectivity index (χ3v) is 3.57. The van der Waals surface area contributed by atoms with Gasteiger partial charge >= 0.3 is 11.9 Å². The maximum absolute atomic E-state index is 9.55. The Morgan fingerprint density at radius 3 is 2.18 bits per heavy atom. The van der Waals surface area contributed by atoms with Crippen LogP contribution in [0.2, 0.25) is 5.02 Å². The molecule has 0 saturated carbocycles. The van der Waals surface area contributed by atoms with Crippen molar-refractivity contribution in [3.8, 4) is 0 Å². The van der Waals surface area contributed by atoms with E-state index in [0.29, 0.717) is 18.8 Å². The van der Waals surface area contributed by atoms with Gasteiger partial charge in [-0.15, -0.1) is 0 Å². The van der Waals surface area contributed by atoms with E-state index < -0.39 is 11.9 Å². The molecule has 0 spiro atoms. The van der Waals surface area contributed by atoms with Crippen molar-refractivity contribution < 1.29 is 24.5 Å². The van der Waals surface area contributed by atoms with Crippen LogP contribution in [0.3, 0.4) is 0 Å². The Morgan fingerprint density at radius 2 is 1.71 bits per heavy atom. The van der Waals surface area contributed by atoms with Crippen LogP contribution in [-0.2, 0) is 14.3 Å². The summed E-state index contributed by atoms with van der Waals surface area (Å²) >= 11 is 5.95. The average Bonchev–Trinajstić information content (AvgIpc) is 2.65. The number of rotatable bonds is 8. The molecule has 0 fully saturated rings. The molecule has 0 bridgehead atoms. The number of aromatic nitrogens is 1. The second-order valence-corrected chi connectivity index (χ2v) is 6.31. The summed E-state index contributed by atoms with van der Waals surface area (Å²) in [6, 6.07) is 13.6. The minimum absolute atomic E-state index is 0.159. The van der Waals surface area contributed by atoms with Crippen LogP contribution >= 0.6 is 11.6 Å². The second kappa shape index (κ2) is 12.6. The molecule has 28 heavy (non-hydrogen) atoms. The summed E-state index contributed by atoms with van der Waals surface area (Å²) in [4.78, 5) is 25.6. The van der Waals surface area contributed by atoms with Crippen LogP contribution < -0.4 is 0 Å². The van der Waals surface area contributed by atoms with Crippen LogP contribution in [0.4, 0.5) is 0 Å². The summed E-state index contributed by atoms with van der Waals surface area (Å²) in [6.45, 7) is 1.52. The lowest BCUT2D eigenvalue weighted by atomic mass is 10.1. The van der Waals surface area contributed by atoms with E-state index in [1.54, 1.807) is 6.20 Å². The number of nitrogens with zero attached hydrogens (tertiary/aromatic N) is 2. The maximum Gasteiger partial charge on any atom is 0.328 e. The Hall–Kier alpha value is -2.74. The third-order valence-electron chi connectivity index (χ3n) is 3.32. The highest BCUT2D eigenvalue weighted by molar-refractivity contribution is 6.30. The number of benzene rings is 1. The van der Waals surface area contributed by atoms with Gasteiger partial charge in [-0.25, -0.2) is 9.59 Å². The molecule has 0 unspecified atom stereocenters. The number of aliphatic carboxylic acids is 2. The Morgan fingerprint density at radius 1 is 1.11 bits per heavy atom. The van der Waals surface area contributed by atoms with E-state index in [4.69, 9.17) is 26.6 Å². The van der Waals surface area contributed by atoms with E-state index in [2.05, 4.69) is 9.88 Å². The molecule has 0 radical (unpaired) electrons. The molecule has 0 aliphatic heterocycles. The van der Waals surface area contributed by atoms with E-state index in [-0.39, 0.29) is 6.10 Å².